The van der Waals surface area contributed by atoms with Gasteiger partial charge in [-0.15, -0.1) is 0 Å². The number of nitrogens with two attached hydrogens (primary N) is 1. The Labute approximate surface area is 111 Å². The first-order valence-electron chi connectivity index (χ1n) is 7.02. The maximum absolute atomic E-state index is 11.5. The van der Waals surface area contributed by atoms with Gasteiger partial charge in [-0.2, -0.15) is 0 Å². The van der Waals surface area contributed by atoms with E-state index in [2.05, 4.69) is 31.1 Å². The molecule has 3 N–H and O–H groups in total. The van der Waals surface area contributed by atoms with E-state index in [0.29, 0.717) is 24.4 Å². The second kappa shape index (κ2) is 6.53. The Hall–Kier alpha value is -0.610. The number of rotatable bonds is 5. The molecule has 1 aliphatic rings. The Morgan fingerprint density at radius 1 is 1.44 bits per heavy atom. The molecule has 0 aromatic heterocycles. The number of carbonyl (C=O) groups is 1. The minimum Gasteiger partial charge on any atom is -0.359 e. The van der Waals surface area contributed by atoms with Crippen LogP contribution in [-0.2, 0) is 4.79 Å². The van der Waals surface area contributed by atoms with Gasteiger partial charge in [-0.05, 0) is 38.1 Å². The van der Waals surface area contributed by atoms with Gasteiger partial charge >= 0.3 is 0 Å². The summed E-state index contributed by atoms with van der Waals surface area (Å²) in [4.78, 5) is 13.8. The Morgan fingerprint density at radius 3 is 2.44 bits per heavy atom. The van der Waals surface area contributed by atoms with Crippen molar-refractivity contribution in [2.75, 3.05) is 20.6 Å². The molecule has 0 heterocycles. The third-order valence-corrected chi connectivity index (χ3v) is 4.43. The van der Waals surface area contributed by atoms with Crippen molar-refractivity contribution >= 4 is 5.91 Å². The van der Waals surface area contributed by atoms with E-state index in [0.717, 1.165) is 0 Å². The van der Waals surface area contributed by atoms with Crippen molar-refractivity contribution in [3.8, 4) is 0 Å². The molecule has 4 heteroatoms. The molecule has 106 valence electrons. The number of nitrogens with zero attached hydrogens (tertiary/aromatic N) is 1. The highest BCUT2D eigenvalue weighted by molar-refractivity contribution is 5.76. The van der Waals surface area contributed by atoms with E-state index in [9.17, 15) is 4.79 Å². The second-order valence-electron chi connectivity index (χ2n) is 6.33. The molecule has 4 nitrogen and oxygen atoms in total. The number of hydrogen-bond acceptors (Lipinski definition) is 3. The van der Waals surface area contributed by atoms with Crippen LogP contribution in [0.1, 0.15) is 46.0 Å². The normalized spacial score (nSPS) is 21.9. The average Bonchev–Trinajstić information content (AvgIpc) is 2.34. The van der Waals surface area contributed by atoms with E-state index < -0.39 is 0 Å². The van der Waals surface area contributed by atoms with E-state index in [1.807, 2.05) is 0 Å². The summed E-state index contributed by atoms with van der Waals surface area (Å²) in [5.74, 6) is 0.0773. The molecular weight excluding hydrogens is 226 g/mol. The summed E-state index contributed by atoms with van der Waals surface area (Å²) in [5, 5.41) is 2.68. The molecule has 1 saturated carbocycles. The van der Waals surface area contributed by atoms with Crippen LogP contribution in [0.2, 0.25) is 0 Å². The minimum absolute atomic E-state index is 0.0773. The van der Waals surface area contributed by atoms with Gasteiger partial charge in [-0.3, -0.25) is 9.69 Å². The quantitative estimate of drug-likeness (QED) is 0.779. The van der Waals surface area contributed by atoms with Crippen molar-refractivity contribution in [2.45, 2.75) is 58.0 Å². The van der Waals surface area contributed by atoms with Crippen LogP contribution in [0.15, 0.2) is 0 Å². The van der Waals surface area contributed by atoms with Crippen molar-refractivity contribution in [1.29, 1.82) is 0 Å². The first-order chi connectivity index (χ1) is 8.39. The molecule has 1 unspecified atom stereocenters. The fourth-order valence-corrected chi connectivity index (χ4v) is 2.80. The standard InChI is InChI=1S/C14H29N3O/c1-14(2)7-5-11(6-8-14)17(4)12(10-15)9-13(18)16-3/h11-12H,5-10,15H2,1-4H3,(H,16,18). The van der Waals surface area contributed by atoms with Crippen LogP contribution in [-0.4, -0.2) is 43.5 Å². The maximum atomic E-state index is 11.5. The van der Waals surface area contributed by atoms with Gasteiger partial charge in [0.15, 0.2) is 0 Å². The Morgan fingerprint density at radius 2 is 2.00 bits per heavy atom. The van der Waals surface area contributed by atoms with E-state index in [4.69, 9.17) is 5.73 Å². The largest absolute Gasteiger partial charge is 0.359 e. The molecule has 0 aromatic carbocycles. The highest BCUT2D eigenvalue weighted by atomic mass is 16.1. The summed E-state index contributed by atoms with van der Waals surface area (Å²) in [7, 11) is 3.79. The molecule has 1 amide bonds. The van der Waals surface area contributed by atoms with E-state index >= 15 is 0 Å². The summed E-state index contributed by atoms with van der Waals surface area (Å²) in [6.45, 7) is 5.23. The molecule has 1 atom stereocenters. The molecule has 0 saturated heterocycles. The maximum Gasteiger partial charge on any atom is 0.221 e. The third kappa shape index (κ3) is 4.25. The van der Waals surface area contributed by atoms with Crippen molar-refractivity contribution < 1.29 is 4.79 Å². The van der Waals surface area contributed by atoms with Crippen molar-refractivity contribution in [3.05, 3.63) is 0 Å². The summed E-state index contributed by atoms with van der Waals surface area (Å²) in [6.07, 6.45) is 5.46. The lowest BCUT2D eigenvalue weighted by atomic mass is 9.75. The number of likely N-dealkylation sites (N-methyl/N-ethyl adjacent to an activating group) is 1. The van der Waals surface area contributed by atoms with Gasteiger partial charge in [-0.1, -0.05) is 13.8 Å². The van der Waals surface area contributed by atoms with Crippen LogP contribution in [0.25, 0.3) is 0 Å². The lowest BCUT2D eigenvalue weighted by Gasteiger charge is -2.41. The van der Waals surface area contributed by atoms with Crippen LogP contribution in [0, 0.1) is 5.41 Å². The minimum atomic E-state index is 0.0773. The van der Waals surface area contributed by atoms with Crippen molar-refractivity contribution in [1.82, 2.24) is 10.2 Å². The van der Waals surface area contributed by atoms with Crippen LogP contribution in [0.3, 0.4) is 0 Å². The Bertz CT molecular complexity index is 268. The lowest BCUT2D eigenvalue weighted by Crippen LogP contribution is -2.48. The topological polar surface area (TPSA) is 58.4 Å². The number of hydrogen-bond donors (Lipinski definition) is 2. The van der Waals surface area contributed by atoms with Gasteiger partial charge in [0.25, 0.3) is 0 Å². The monoisotopic (exact) mass is 255 g/mol. The van der Waals surface area contributed by atoms with Crippen LogP contribution in [0.5, 0.6) is 0 Å². The van der Waals surface area contributed by atoms with E-state index in [1.54, 1.807) is 7.05 Å². The zero-order valence-corrected chi connectivity index (χ0v) is 12.3. The van der Waals surface area contributed by atoms with Gasteiger partial charge in [0.05, 0.1) is 0 Å². The van der Waals surface area contributed by atoms with Gasteiger partial charge < -0.3 is 11.1 Å². The molecular formula is C14H29N3O. The first-order valence-corrected chi connectivity index (χ1v) is 7.02. The Balaban J connectivity index is 2.51. The Kier molecular flexibility index (Phi) is 5.60. The zero-order chi connectivity index (χ0) is 13.8. The molecule has 0 aliphatic heterocycles. The number of nitrogens with one attached hydrogen (secondary N) is 1. The van der Waals surface area contributed by atoms with Gasteiger partial charge in [0, 0.05) is 32.1 Å². The fraction of sp³-hybridized carbons (Fsp3) is 0.929. The second-order valence-corrected chi connectivity index (χ2v) is 6.33. The smallest absolute Gasteiger partial charge is 0.221 e. The lowest BCUT2D eigenvalue weighted by molar-refractivity contribution is -0.122. The van der Waals surface area contributed by atoms with E-state index in [1.165, 1.54) is 25.7 Å². The number of amides is 1. The molecule has 1 aliphatic carbocycles. The first kappa shape index (κ1) is 15.4. The predicted molar refractivity (Wildman–Crippen MR) is 75.3 cm³/mol. The van der Waals surface area contributed by atoms with Gasteiger partial charge in [-0.25, -0.2) is 0 Å². The average molecular weight is 255 g/mol. The fourth-order valence-electron chi connectivity index (χ4n) is 2.80. The number of carbonyl (C=O) groups excluding carboxylic acids is 1. The molecule has 0 spiro atoms. The molecule has 0 bridgehead atoms. The van der Waals surface area contributed by atoms with Crippen LogP contribution < -0.4 is 11.1 Å². The highest BCUT2D eigenvalue weighted by Crippen LogP contribution is 2.37. The predicted octanol–water partition coefficient (Wildman–Crippen LogP) is 1.35. The zero-order valence-electron chi connectivity index (χ0n) is 12.3. The van der Waals surface area contributed by atoms with Gasteiger partial charge in [0.2, 0.25) is 5.91 Å². The van der Waals surface area contributed by atoms with Crippen molar-refractivity contribution in [2.24, 2.45) is 11.1 Å². The molecule has 1 fully saturated rings. The summed E-state index contributed by atoms with van der Waals surface area (Å²) in [5.41, 5.74) is 6.30. The van der Waals surface area contributed by atoms with Crippen LogP contribution in [0.4, 0.5) is 0 Å². The summed E-state index contributed by atoms with van der Waals surface area (Å²) >= 11 is 0. The molecule has 0 aromatic rings. The molecule has 18 heavy (non-hydrogen) atoms. The SMILES string of the molecule is CNC(=O)CC(CN)N(C)C1CCC(C)(C)CC1. The molecule has 0 radical (unpaired) electrons. The summed E-state index contributed by atoms with van der Waals surface area (Å²) in [6, 6.07) is 0.743. The van der Waals surface area contributed by atoms with E-state index in [-0.39, 0.29) is 11.9 Å². The highest BCUT2D eigenvalue weighted by Gasteiger charge is 2.31. The molecule has 1 rings (SSSR count). The summed E-state index contributed by atoms with van der Waals surface area (Å²) < 4.78 is 0. The van der Waals surface area contributed by atoms with Crippen molar-refractivity contribution in [3.63, 3.8) is 0 Å². The van der Waals surface area contributed by atoms with Gasteiger partial charge in [0.1, 0.15) is 0 Å². The third-order valence-electron chi connectivity index (χ3n) is 4.43. The van der Waals surface area contributed by atoms with Crippen LogP contribution >= 0.6 is 0 Å².